The van der Waals surface area contributed by atoms with Gasteiger partial charge in [0.2, 0.25) is 5.91 Å². The second kappa shape index (κ2) is 6.27. The SMILES string of the molecule is O=C(C[C@@H]1CCc2ccccc21)N1CC(Oc2ccccc2F)C1. The lowest BCUT2D eigenvalue weighted by atomic mass is 9.96. The van der Waals surface area contributed by atoms with Crippen molar-refractivity contribution in [3.63, 3.8) is 0 Å². The van der Waals surface area contributed by atoms with Crippen molar-refractivity contribution in [3.8, 4) is 5.75 Å². The Labute approximate surface area is 141 Å². The fourth-order valence-electron chi connectivity index (χ4n) is 3.63. The average Bonchev–Trinajstić information content (AvgIpc) is 2.95. The van der Waals surface area contributed by atoms with Gasteiger partial charge in [-0.2, -0.15) is 0 Å². The van der Waals surface area contributed by atoms with Gasteiger partial charge in [0.15, 0.2) is 11.6 Å². The van der Waals surface area contributed by atoms with E-state index >= 15 is 0 Å². The van der Waals surface area contributed by atoms with Gasteiger partial charge < -0.3 is 9.64 Å². The Morgan fingerprint density at radius 3 is 2.71 bits per heavy atom. The summed E-state index contributed by atoms with van der Waals surface area (Å²) >= 11 is 0. The van der Waals surface area contributed by atoms with Crippen LogP contribution in [0.5, 0.6) is 5.75 Å². The van der Waals surface area contributed by atoms with Gasteiger partial charge in [-0.3, -0.25) is 4.79 Å². The van der Waals surface area contributed by atoms with Crippen LogP contribution in [-0.4, -0.2) is 30.0 Å². The van der Waals surface area contributed by atoms with Gasteiger partial charge in [0, 0.05) is 6.42 Å². The molecule has 4 heteroatoms. The highest BCUT2D eigenvalue weighted by atomic mass is 19.1. The summed E-state index contributed by atoms with van der Waals surface area (Å²) < 4.78 is 19.2. The molecule has 2 aliphatic rings. The zero-order valence-electron chi connectivity index (χ0n) is 13.5. The summed E-state index contributed by atoms with van der Waals surface area (Å²) in [7, 11) is 0. The number of hydrogen-bond donors (Lipinski definition) is 0. The maximum atomic E-state index is 13.6. The highest BCUT2D eigenvalue weighted by Crippen LogP contribution is 2.36. The van der Waals surface area contributed by atoms with Crippen LogP contribution in [0.3, 0.4) is 0 Å². The minimum atomic E-state index is -0.357. The second-order valence-electron chi connectivity index (χ2n) is 6.61. The van der Waals surface area contributed by atoms with Crippen molar-refractivity contribution >= 4 is 5.91 Å². The van der Waals surface area contributed by atoms with Crippen molar-refractivity contribution in [1.29, 1.82) is 0 Å². The summed E-state index contributed by atoms with van der Waals surface area (Å²) in [4.78, 5) is 14.3. The predicted molar refractivity (Wildman–Crippen MR) is 89.5 cm³/mol. The molecule has 2 aromatic carbocycles. The van der Waals surface area contributed by atoms with Gasteiger partial charge in [0.25, 0.3) is 0 Å². The fraction of sp³-hybridized carbons (Fsp3) is 0.350. The third-order valence-corrected chi connectivity index (χ3v) is 5.01. The molecule has 1 aliphatic carbocycles. The summed E-state index contributed by atoms with van der Waals surface area (Å²) in [6, 6.07) is 14.8. The molecule has 1 aliphatic heterocycles. The molecule has 0 aromatic heterocycles. The fourth-order valence-corrected chi connectivity index (χ4v) is 3.63. The molecule has 1 fully saturated rings. The molecule has 1 heterocycles. The first-order valence-electron chi connectivity index (χ1n) is 8.47. The van der Waals surface area contributed by atoms with Crippen LogP contribution >= 0.6 is 0 Å². The lowest BCUT2D eigenvalue weighted by molar-refractivity contribution is -0.140. The van der Waals surface area contributed by atoms with Gasteiger partial charge in [-0.05, 0) is 42.0 Å². The van der Waals surface area contributed by atoms with Crippen LogP contribution in [0.1, 0.15) is 29.9 Å². The van der Waals surface area contributed by atoms with E-state index in [-0.39, 0.29) is 23.6 Å². The molecular weight excluding hydrogens is 305 g/mol. The van der Waals surface area contributed by atoms with Gasteiger partial charge in [-0.25, -0.2) is 4.39 Å². The van der Waals surface area contributed by atoms with E-state index in [1.807, 2.05) is 11.0 Å². The van der Waals surface area contributed by atoms with Gasteiger partial charge in [0.05, 0.1) is 13.1 Å². The maximum Gasteiger partial charge on any atom is 0.223 e. The van der Waals surface area contributed by atoms with Crippen LogP contribution in [0.2, 0.25) is 0 Å². The van der Waals surface area contributed by atoms with Crippen LogP contribution in [0.25, 0.3) is 0 Å². The number of likely N-dealkylation sites (tertiary alicyclic amines) is 1. The summed E-state index contributed by atoms with van der Waals surface area (Å²) in [6.07, 6.45) is 2.56. The minimum Gasteiger partial charge on any atom is -0.484 e. The van der Waals surface area contributed by atoms with Crippen LogP contribution in [0, 0.1) is 5.82 Å². The highest BCUT2D eigenvalue weighted by Gasteiger charge is 2.34. The molecular formula is C20H20FNO2. The van der Waals surface area contributed by atoms with Gasteiger partial charge in [-0.1, -0.05) is 36.4 Å². The van der Waals surface area contributed by atoms with Crippen molar-refractivity contribution < 1.29 is 13.9 Å². The number of nitrogens with zero attached hydrogens (tertiary/aromatic N) is 1. The van der Waals surface area contributed by atoms with Crippen molar-refractivity contribution in [2.24, 2.45) is 0 Å². The maximum absolute atomic E-state index is 13.6. The third-order valence-electron chi connectivity index (χ3n) is 5.01. The van der Waals surface area contributed by atoms with E-state index in [4.69, 9.17) is 4.74 Å². The number of aryl methyl sites for hydroxylation is 1. The average molecular weight is 325 g/mol. The molecule has 1 amide bonds. The van der Waals surface area contributed by atoms with E-state index < -0.39 is 0 Å². The Morgan fingerprint density at radius 2 is 1.88 bits per heavy atom. The van der Waals surface area contributed by atoms with Crippen molar-refractivity contribution in [2.75, 3.05) is 13.1 Å². The Bertz CT molecular complexity index is 755. The lowest BCUT2D eigenvalue weighted by Crippen LogP contribution is -2.56. The van der Waals surface area contributed by atoms with Crippen molar-refractivity contribution in [2.45, 2.75) is 31.3 Å². The number of carbonyl (C=O) groups excluding carboxylic acids is 1. The number of fused-ring (bicyclic) bond motifs is 1. The Kier molecular flexibility index (Phi) is 3.97. The third kappa shape index (κ3) is 2.88. The van der Waals surface area contributed by atoms with E-state index in [1.54, 1.807) is 18.2 Å². The molecule has 124 valence electrons. The first-order chi connectivity index (χ1) is 11.7. The van der Waals surface area contributed by atoms with E-state index in [9.17, 15) is 9.18 Å². The number of halogens is 1. The minimum absolute atomic E-state index is 0.110. The second-order valence-corrected chi connectivity index (χ2v) is 6.61. The Balaban J connectivity index is 1.30. The van der Waals surface area contributed by atoms with Crippen molar-refractivity contribution in [1.82, 2.24) is 4.90 Å². The number of benzene rings is 2. The Hall–Kier alpha value is -2.36. The van der Waals surface area contributed by atoms with Crippen LogP contribution < -0.4 is 4.74 Å². The molecule has 1 atom stereocenters. The van der Waals surface area contributed by atoms with Crippen LogP contribution in [0.15, 0.2) is 48.5 Å². The normalized spacial score (nSPS) is 19.7. The summed E-state index contributed by atoms with van der Waals surface area (Å²) in [5.41, 5.74) is 2.70. The first kappa shape index (κ1) is 15.2. The molecule has 24 heavy (non-hydrogen) atoms. The van der Waals surface area contributed by atoms with Gasteiger partial charge in [0.1, 0.15) is 6.10 Å². The zero-order chi connectivity index (χ0) is 16.5. The number of carbonyl (C=O) groups is 1. The largest absolute Gasteiger partial charge is 0.484 e. The van der Waals surface area contributed by atoms with Crippen molar-refractivity contribution in [3.05, 3.63) is 65.5 Å². The van der Waals surface area contributed by atoms with Gasteiger partial charge in [-0.15, -0.1) is 0 Å². The molecule has 0 radical (unpaired) electrons. The topological polar surface area (TPSA) is 29.5 Å². The molecule has 3 nitrogen and oxygen atoms in total. The summed E-state index contributed by atoms with van der Waals surface area (Å²) in [5, 5.41) is 0. The van der Waals surface area contributed by atoms with E-state index in [1.165, 1.54) is 17.2 Å². The Morgan fingerprint density at radius 1 is 1.12 bits per heavy atom. The molecule has 0 bridgehead atoms. The highest BCUT2D eigenvalue weighted by molar-refractivity contribution is 5.78. The molecule has 0 spiro atoms. The number of hydrogen-bond acceptors (Lipinski definition) is 2. The quantitative estimate of drug-likeness (QED) is 0.860. The van der Waals surface area contributed by atoms with E-state index in [0.29, 0.717) is 25.4 Å². The number of para-hydroxylation sites is 1. The molecule has 0 N–H and O–H groups in total. The molecule has 0 saturated carbocycles. The van der Waals surface area contributed by atoms with Crippen LogP contribution in [-0.2, 0) is 11.2 Å². The summed E-state index contributed by atoms with van der Waals surface area (Å²) in [6.45, 7) is 1.09. The lowest BCUT2D eigenvalue weighted by Gasteiger charge is -2.39. The predicted octanol–water partition coefficient (Wildman–Crippen LogP) is 3.54. The monoisotopic (exact) mass is 325 g/mol. The number of ether oxygens (including phenoxy) is 1. The molecule has 1 saturated heterocycles. The standard InChI is InChI=1S/C20H20FNO2/c21-18-7-3-4-8-19(18)24-16-12-22(13-16)20(23)11-15-10-9-14-5-1-2-6-17(14)15/h1-8,15-16H,9-13H2/t15-/m0/s1. The van der Waals surface area contributed by atoms with E-state index in [0.717, 1.165) is 12.8 Å². The smallest absolute Gasteiger partial charge is 0.223 e. The number of rotatable bonds is 4. The van der Waals surface area contributed by atoms with Gasteiger partial charge >= 0.3 is 0 Å². The number of amides is 1. The molecule has 0 unspecified atom stereocenters. The van der Waals surface area contributed by atoms with E-state index in [2.05, 4.69) is 18.2 Å². The molecule has 4 rings (SSSR count). The first-order valence-corrected chi connectivity index (χ1v) is 8.47. The zero-order valence-corrected chi connectivity index (χ0v) is 13.5. The molecule has 2 aromatic rings. The summed E-state index contributed by atoms with van der Waals surface area (Å²) in [5.74, 6) is 0.412. The van der Waals surface area contributed by atoms with Crippen LogP contribution in [0.4, 0.5) is 4.39 Å².